The van der Waals surface area contributed by atoms with Crippen molar-refractivity contribution in [1.29, 1.82) is 0 Å². The molecule has 5 nitrogen and oxygen atoms in total. The van der Waals surface area contributed by atoms with Gasteiger partial charge in [-0.2, -0.15) is 0 Å². The van der Waals surface area contributed by atoms with Crippen LogP contribution in [0.1, 0.15) is 36.0 Å². The van der Waals surface area contributed by atoms with Crippen molar-refractivity contribution in [2.45, 2.75) is 43.8 Å². The van der Waals surface area contributed by atoms with Crippen molar-refractivity contribution < 1.29 is 9.53 Å². The average Bonchev–Trinajstić information content (AvgIpc) is 3.24. The zero-order valence-corrected chi connectivity index (χ0v) is 18.2. The molecule has 30 heavy (non-hydrogen) atoms. The van der Waals surface area contributed by atoms with E-state index in [0.717, 1.165) is 46.3 Å². The minimum absolute atomic E-state index is 0. The highest BCUT2D eigenvalue weighted by Crippen LogP contribution is 2.35. The Hall–Kier alpha value is -2.50. The second kappa shape index (κ2) is 8.32. The summed E-state index contributed by atoms with van der Waals surface area (Å²) >= 11 is 0. The van der Waals surface area contributed by atoms with Gasteiger partial charge in [-0.15, -0.1) is 12.4 Å². The number of aromatic nitrogens is 1. The lowest BCUT2D eigenvalue weighted by Crippen LogP contribution is -2.48. The highest BCUT2D eigenvalue weighted by atomic mass is 35.5. The standard InChI is InChI=1S/C24H27N3O2.ClH/c1-27-21-11-10-19(29-2)14-20(21)22(23(27)15-6-4-3-5-7-15)24(28)26-18-12-16-8-9-17(13-18)25-16;/h3-7,10-11,14,16-18,25H,8-9,12-13H2,1-2H3,(H,26,28);1H/t16-,17+,18+;. The fourth-order valence-electron chi connectivity index (χ4n) is 5.15. The third-order valence-corrected chi connectivity index (χ3v) is 6.49. The first-order chi connectivity index (χ1) is 14.1. The molecule has 3 heterocycles. The number of nitrogens with zero attached hydrogens (tertiary/aromatic N) is 1. The van der Waals surface area contributed by atoms with Crippen molar-refractivity contribution in [3.05, 3.63) is 54.1 Å². The number of rotatable bonds is 4. The SMILES string of the molecule is COc1ccc2c(c1)c(C(=O)N[C@H]1C[C@H]3CC[C@@H](C1)N3)c(-c1ccccc1)n2C.Cl. The number of hydrogen-bond donors (Lipinski definition) is 2. The Morgan fingerprint density at radius 2 is 1.80 bits per heavy atom. The molecule has 0 unspecified atom stereocenters. The zero-order valence-electron chi connectivity index (χ0n) is 17.4. The Morgan fingerprint density at radius 1 is 1.10 bits per heavy atom. The van der Waals surface area contributed by atoms with E-state index in [1.54, 1.807) is 7.11 Å². The zero-order chi connectivity index (χ0) is 20.0. The predicted molar refractivity (Wildman–Crippen MR) is 123 cm³/mol. The van der Waals surface area contributed by atoms with Gasteiger partial charge in [-0.3, -0.25) is 4.79 Å². The first-order valence-electron chi connectivity index (χ1n) is 10.4. The number of methoxy groups -OCH3 is 1. The molecule has 1 amide bonds. The van der Waals surface area contributed by atoms with E-state index in [2.05, 4.69) is 27.3 Å². The molecule has 2 aliphatic heterocycles. The number of carbonyl (C=O) groups excluding carboxylic acids is 1. The topological polar surface area (TPSA) is 55.3 Å². The summed E-state index contributed by atoms with van der Waals surface area (Å²) in [5, 5.41) is 7.93. The molecule has 3 atom stereocenters. The smallest absolute Gasteiger partial charge is 0.254 e. The normalized spacial score (nSPS) is 22.5. The lowest BCUT2D eigenvalue weighted by Gasteiger charge is -2.29. The predicted octanol–water partition coefficient (Wildman–Crippen LogP) is 4.29. The second-order valence-electron chi connectivity index (χ2n) is 8.31. The lowest BCUT2D eigenvalue weighted by molar-refractivity contribution is 0.0926. The van der Waals surface area contributed by atoms with E-state index in [-0.39, 0.29) is 24.4 Å². The van der Waals surface area contributed by atoms with Gasteiger partial charge in [0, 0.05) is 36.1 Å². The quantitative estimate of drug-likeness (QED) is 0.655. The van der Waals surface area contributed by atoms with Crippen LogP contribution in [0, 0.1) is 0 Å². The minimum atomic E-state index is 0. The highest BCUT2D eigenvalue weighted by Gasteiger charge is 2.35. The number of hydrogen-bond acceptors (Lipinski definition) is 3. The molecule has 2 N–H and O–H groups in total. The summed E-state index contributed by atoms with van der Waals surface area (Å²) in [5.41, 5.74) is 3.75. The van der Waals surface area contributed by atoms with Crippen molar-refractivity contribution in [2.24, 2.45) is 7.05 Å². The average molecular weight is 426 g/mol. The molecule has 2 fully saturated rings. The molecule has 0 spiro atoms. The number of ether oxygens (including phenoxy) is 1. The fourth-order valence-corrected chi connectivity index (χ4v) is 5.15. The monoisotopic (exact) mass is 425 g/mol. The Bertz CT molecular complexity index is 1050. The van der Waals surface area contributed by atoms with Crippen molar-refractivity contribution in [3.63, 3.8) is 0 Å². The molecule has 3 aromatic rings. The summed E-state index contributed by atoms with van der Waals surface area (Å²) in [6.45, 7) is 0. The molecule has 2 bridgehead atoms. The molecule has 0 aliphatic carbocycles. The van der Waals surface area contributed by atoms with Crippen molar-refractivity contribution >= 4 is 29.2 Å². The molecule has 2 aromatic carbocycles. The van der Waals surface area contributed by atoms with Crippen LogP contribution in [0.4, 0.5) is 0 Å². The summed E-state index contributed by atoms with van der Waals surface area (Å²) in [5.74, 6) is 0.769. The molecule has 1 aromatic heterocycles. The van der Waals surface area contributed by atoms with Crippen LogP contribution in [0.5, 0.6) is 5.75 Å². The maximum absolute atomic E-state index is 13.6. The second-order valence-corrected chi connectivity index (χ2v) is 8.31. The minimum Gasteiger partial charge on any atom is -0.497 e. The van der Waals surface area contributed by atoms with Gasteiger partial charge in [0.1, 0.15) is 5.75 Å². The van der Waals surface area contributed by atoms with Crippen LogP contribution in [0.3, 0.4) is 0 Å². The van der Waals surface area contributed by atoms with E-state index in [0.29, 0.717) is 12.1 Å². The highest BCUT2D eigenvalue weighted by molar-refractivity contribution is 6.13. The maximum Gasteiger partial charge on any atom is 0.254 e. The number of amides is 1. The van der Waals surface area contributed by atoms with Crippen LogP contribution >= 0.6 is 12.4 Å². The van der Waals surface area contributed by atoms with Gasteiger partial charge in [0.25, 0.3) is 5.91 Å². The lowest BCUT2D eigenvalue weighted by atomic mass is 9.98. The van der Waals surface area contributed by atoms with Gasteiger partial charge in [0.2, 0.25) is 0 Å². The Kier molecular flexibility index (Phi) is 5.76. The summed E-state index contributed by atoms with van der Waals surface area (Å²) in [6.07, 6.45) is 4.46. The van der Waals surface area contributed by atoms with Crippen LogP contribution in [-0.2, 0) is 7.05 Å². The van der Waals surface area contributed by atoms with Crippen LogP contribution < -0.4 is 15.4 Å². The van der Waals surface area contributed by atoms with E-state index in [9.17, 15) is 4.79 Å². The number of benzene rings is 2. The van der Waals surface area contributed by atoms with E-state index in [4.69, 9.17) is 4.74 Å². The van der Waals surface area contributed by atoms with Gasteiger partial charge in [0.15, 0.2) is 0 Å². The van der Waals surface area contributed by atoms with Crippen LogP contribution in [0.2, 0.25) is 0 Å². The molecule has 2 aliphatic rings. The van der Waals surface area contributed by atoms with Gasteiger partial charge in [0.05, 0.1) is 18.4 Å². The van der Waals surface area contributed by atoms with Crippen LogP contribution in [0.25, 0.3) is 22.2 Å². The van der Waals surface area contributed by atoms with Crippen molar-refractivity contribution in [1.82, 2.24) is 15.2 Å². The molecule has 5 rings (SSSR count). The molecule has 0 saturated carbocycles. The van der Waals surface area contributed by atoms with Gasteiger partial charge >= 0.3 is 0 Å². The number of carbonyl (C=O) groups is 1. The number of nitrogens with one attached hydrogen (secondary N) is 2. The molecule has 158 valence electrons. The Labute approximate surface area is 183 Å². The van der Waals surface area contributed by atoms with E-state index >= 15 is 0 Å². The van der Waals surface area contributed by atoms with Crippen LogP contribution in [0.15, 0.2) is 48.5 Å². The molecule has 0 radical (unpaired) electrons. The van der Waals surface area contributed by atoms with Crippen molar-refractivity contribution in [3.8, 4) is 17.0 Å². The first-order valence-corrected chi connectivity index (χ1v) is 10.4. The number of piperidine rings is 1. The Morgan fingerprint density at radius 3 is 2.47 bits per heavy atom. The molecule has 6 heteroatoms. The first kappa shape index (κ1) is 20.8. The summed E-state index contributed by atoms with van der Waals surface area (Å²) in [4.78, 5) is 13.6. The van der Waals surface area contributed by atoms with Gasteiger partial charge < -0.3 is 19.9 Å². The summed E-state index contributed by atoms with van der Waals surface area (Å²) in [7, 11) is 3.69. The number of halogens is 1. The van der Waals surface area contributed by atoms with Gasteiger partial charge in [-0.25, -0.2) is 0 Å². The number of aryl methyl sites for hydroxylation is 1. The molecule has 2 saturated heterocycles. The van der Waals surface area contributed by atoms with Gasteiger partial charge in [-0.1, -0.05) is 30.3 Å². The van der Waals surface area contributed by atoms with E-state index in [1.807, 2.05) is 43.4 Å². The maximum atomic E-state index is 13.6. The van der Waals surface area contributed by atoms with Crippen molar-refractivity contribution in [2.75, 3.05) is 7.11 Å². The third-order valence-electron chi connectivity index (χ3n) is 6.49. The largest absolute Gasteiger partial charge is 0.497 e. The third kappa shape index (κ3) is 3.57. The molecular formula is C24H28ClN3O2. The summed E-state index contributed by atoms with van der Waals surface area (Å²) in [6, 6.07) is 17.4. The fraction of sp³-hybridized carbons (Fsp3) is 0.375. The van der Waals surface area contributed by atoms with E-state index < -0.39 is 0 Å². The van der Waals surface area contributed by atoms with E-state index in [1.165, 1.54) is 12.8 Å². The van der Waals surface area contributed by atoms with Crippen LogP contribution in [-0.4, -0.2) is 35.7 Å². The summed E-state index contributed by atoms with van der Waals surface area (Å²) < 4.78 is 7.57. The van der Waals surface area contributed by atoms with Gasteiger partial charge in [-0.05, 0) is 49.4 Å². The molecular weight excluding hydrogens is 398 g/mol. The Balaban J connectivity index is 0.00000218. The number of fused-ring (bicyclic) bond motifs is 3.